The van der Waals surface area contributed by atoms with Crippen molar-refractivity contribution < 1.29 is 68.6 Å². The number of hydrogen-bond donors (Lipinski definition) is 3. The third-order valence-electron chi connectivity index (χ3n) is 14.8. The van der Waals surface area contributed by atoms with Gasteiger partial charge in [-0.15, -0.1) is 90.7 Å². The summed E-state index contributed by atoms with van der Waals surface area (Å²) in [4.78, 5) is 97.3. The number of benzene rings is 6. The molecule has 2 aliphatic rings. The van der Waals surface area contributed by atoms with E-state index in [1.54, 1.807) is 68.7 Å². The molecule has 522 valence electrons. The predicted molar refractivity (Wildman–Crippen MR) is 430 cm³/mol. The Morgan fingerprint density at radius 3 is 0.961 bits per heavy atom. The number of carbonyl (C=O) groups excluding carboxylic acids is 6. The van der Waals surface area contributed by atoms with E-state index in [0.717, 1.165) is 46.4 Å². The van der Waals surface area contributed by atoms with Crippen LogP contribution in [0.15, 0.2) is 116 Å². The van der Waals surface area contributed by atoms with Gasteiger partial charge in [-0.3, -0.25) is 19.2 Å². The maximum Gasteiger partial charge on any atom is 0.345 e. The molecule has 6 aromatic carbocycles. The zero-order valence-corrected chi connectivity index (χ0v) is 65.9. The fraction of sp³-hybridized carbons (Fsp3) is 0.0714. The molecule has 0 bridgehead atoms. The molecule has 5 N–H and O–H groups in total. The van der Waals surface area contributed by atoms with E-state index < -0.39 is 23.9 Å². The van der Waals surface area contributed by atoms with Crippen molar-refractivity contribution in [3.63, 3.8) is 0 Å². The monoisotopic (exact) mass is 1700 g/mol. The van der Waals surface area contributed by atoms with Gasteiger partial charge in [0.15, 0.2) is 12.6 Å². The van der Waals surface area contributed by atoms with Gasteiger partial charge in [0.05, 0.1) is 102 Å². The van der Waals surface area contributed by atoms with Crippen LogP contribution in [-0.4, -0.2) is 80.3 Å². The molecule has 8 aromatic heterocycles. The van der Waals surface area contributed by atoms with Crippen LogP contribution in [0.2, 0.25) is 40.2 Å². The van der Waals surface area contributed by atoms with Crippen LogP contribution in [0, 0.1) is 25.9 Å². The Morgan fingerprint density at radius 1 is 0.402 bits per heavy atom. The van der Waals surface area contributed by atoms with E-state index in [2.05, 4.69) is 5.08 Å². The first-order valence-corrected chi connectivity index (χ1v) is 40.8. The number of fused-ring (bicyclic) bond motifs is 8. The van der Waals surface area contributed by atoms with E-state index >= 15 is 0 Å². The normalized spacial score (nSPS) is 12.0. The highest BCUT2D eigenvalue weighted by atomic mass is 35.5. The second-order valence-corrected chi connectivity index (χ2v) is 33.8. The van der Waals surface area contributed by atoms with Crippen molar-refractivity contribution in [3.8, 4) is 17.2 Å². The molecule has 102 heavy (non-hydrogen) atoms. The number of aryl methyl sites for hydroxylation is 3. The Labute approximate surface area is 658 Å². The van der Waals surface area contributed by atoms with Crippen LogP contribution in [0.5, 0.6) is 17.2 Å². The fourth-order valence-corrected chi connectivity index (χ4v) is 22.8. The minimum absolute atomic E-state index is 0. The molecule has 1 aliphatic carbocycles. The summed E-state index contributed by atoms with van der Waals surface area (Å²) >= 11 is 62.7. The first-order valence-electron chi connectivity index (χ1n) is 28.6. The number of halogens is 8. The van der Waals surface area contributed by atoms with Crippen LogP contribution in [-0.2, 0) is 0 Å². The van der Waals surface area contributed by atoms with Gasteiger partial charge in [-0.05, 0) is 68.7 Å². The Morgan fingerprint density at radius 2 is 0.676 bits per heavy atom. The standard InChI is InChI=1S/C26H16Cl2O4S2.C12H4Cl2O4S2.C12H4Cl2O2S2.C10H2Cl2O2S2.C7H8O.C3H5S2.H2O/c1-13-3-7-15(8-4-13)31-25(29)21-19-17(27)11-34-24(19)22(20-18(28)12-33-23(20)21)26(30)32-16-9-5-14(2)6-10-16;13-3-1-19-9-5(3)7(11(15)16)10-6(4(14)2-20-10)8(9)12(17)18;13-7-3-18-12-6(2-16)10-8(14)4-17-11(10)5(1-15)9(7)12;11-3-1-15-9-5(3)7(13)10-6(8(9)14)4(12)2-16-10;1-6-2-4-7(8)5-3-6;1-2-5-3-4-1;/h3-12H,1-2H3;1-2H,(H,15,16)(H,17,18);1-4H;1-2H;2-5,8H,1H3;3H,1-2H2;1H2/q;;;;;-1;. The average molecular weight is 1710 g/mol. The van der Waals surface area contributed by atoms with Crippen molar-refractivity contribution in [3.05, 3.63) is 232 Å². The molecule has 1 fully saturated rings. The van der Waals surface area contributed by atoms with Gasteiger partial charge in [-0.25, -0.2) is 24.3 Å². The van der Waals surface area contributed by atoms with E-state index in [1.807, 2.05) is 80.7 Å². The molecule has 0 amide bonds. The average Bonchev–Trinajstić information content (AvgIpc) is 1.53. The van der Waals surface area contributed by atoms with Gasteiger partial charge in [0, 0.05) is 95.9 Å². The van der Waals surface area contributed by atoms with Crippen LogP contribution < -0.4 is 9.47 Å². The van der Waals surface area contributed by atoms with Crippen LogP contribution >= 0.6 is 207 Å². The number of ether oxygens (including phenoxy) is 2. The maximum absolute atomic E-state index is 13.4. The molecule has 0 saturated carbocycles. The number of aromatic hydroxyl groups is 1. The second-order valence-electron chi connectivity index (χ2n) is 21.2. The summed E-state index contributed by atoms with van der Waals surface area (Å²) in [6.07, 6.45) is 1.54. The molecule has 0 radical (unpaired) electrons. The number of rotatable bonds is 8. The number of carboxylic acids is 2. The molecule has 1 aliphatic heterocycles. The number of thioether (sulfide) groups is 2. The van der Waals surface area contributed by atoms with Gasteiger partial charge in [0.25, 0.3) is 0 Å². The van der Waals surface area contributed by atoms with E-state index in [4.69, 9.17) is 107 Å². The number of phenolic OH excluding ortho intramolecular Hbond substituents is 1. The topological polar surface area (TPSA) is 247 Å². The smallest absolute Gasteiger partial charge is 0.345 e. The van der Waals surface area contributed by atoms with Crippen molar-refractivity contribution in [1.82, 2.24) is 0 Å². The number of phenols is 1. The zero-order valence-electron chi connectivity index (χ0n) is 51.7. The fourth-order valence-electron chi connectivity index (χ4n) is 10.3. The van der Waals surface area contributed by atoms with Crippen molar-refractivity contribution in [2.24, 2.45) is 0 Å². The van der Waals surface area contributed by atoms with Gasteiger partial charge >= 0.3 is 23.9 Å². The molecule has 0 spiro atoms. The summed E-state index contributed by atoms with van der Waals surface area (Å²) in [5.74, 6) is -0.0626. The van der Waals surface area contributed by atoms with Gasteiger partial charge in [-0.2, -0.15) is 0 Å². The summed E-state index contributed by atoms with van der Waals surface area (Å²) in [5, 5.41) is 48.4. The summed E-state index contributed by atoms with van der Waals surface area (Å²) < 4.78 is 14.5. The molecule has 16 rings (SSSR count). The minimum Gasteiger partial charge on any atom is -0.508 e. The number of aromatic carboxylic acids is 2. The molecule has 14 aromatic rings. The number of carboxylic acid groups (broad SMARTS) is 2. The third kappa shape index (κ3) is 16.0. The van der Waals surface area contributed by atoms with E-state index in [9.17, 15) is 48.6 Å². The van der Waals surface area contributed by atoms with Gasteiger partial charge < -0.3 is 53.8 Å². The highest BCUT2D eigenvalue weighted by Gasteiger charge is 2.37. The van der Waals surface area contributed by atoms with Crippen LogP contribution in [0.4, 0.5) is 0 Å². The lowest BCUT2D eigenvalue weighted by Gasteiger charge is -2.12. The molecule has 1 saturated heterocycles. The number of ketones is 2. The minimum atomic E-state index is -1.16. The lowest BCUT2D eigenvalue weighted by atomic mass is 9.96. The summed E-state index contributed by atoms with van der Waals surface area (Å²) in [5.41, 5.74) is 5.49. The highest BCUT2D eigenvalue weighted by Crippen LogP contribution is 2.49. The maximum atomic E-state index is 13.4. The van der Waals surface area contributed by atoms with Crippen molar-refractivity contribution in [1.29, 1.82) is 0 Å². The summed E-state index contributed by atoms with van der Waals surface area (Å²) in [6.45, 7) is 5.89. The molecule has 32 heteroatoms. The van der Waals surface area contributed by atoms with E-state index in [-0.39, 0.29) is 60.1 Å². The first kappa shape index (κ1) is 78.4. The van der Waals surface area contributed by atoms with Gasteiger partial charge in [0.1, 0.15) is 17.2 Å². The quantitative estimate of drug-likeness (QED) is 0.0554. The van der Waals surface area contributed by atoms with Crippen molar-refractivity contribution >= 4 is 316 Å². The summed E-state index contributed by atoms with van der Waals surface area (Å²) in [6, 6.07) is 21.4. The molecular weight excluding hydrogens is 1670 g/mol. The SMILES string of the molecule is Cc1ccc(O)cc1.Cc1ccc(OC(=O)c2c3scc(Cl)c3c(C(=O)Oc3ccc(C)cc3)c3scc(Cl)c23)cc1.O.O=C(O)c1c2scc(Cl)c2c(C(=O)O)c2scc(Cl)c12.O=C1c2scc(Cl)c2C(=O)c2scc(Cl)c21.O=Cc1c2scc(Cl)c2c(C=O)c2scc(Cl)c12.[CH-]1SCCS1. The predicted octanol–water partition coefficient (Wildman–Crippen LogP) is 24.7. The molecular formula is C70H41Cl8O14S10-. The molecule has 0 unspecified atom stereocenters. The Kier molecular flexibility index (Phi) is 26.1. The second kappa shape index (κ2) is 33.9. The van der Waals surface area contributed by atoms with Gasteiger partial charge in [0.2, 0.25) is 11.6 Å². The van der Waals surface area contributed by atoms with Gasteiger partial charge in [-0.1, -0.05) is 146 Å². The summed E-state index contributed by atoms with van der Waals surface area (Å²) in [7, 11) is 0. The van der Waals surface area contributed by atoms with Crippen molar-refractivity contribution in [2.45, 2.75) is 20.8 Å². The molecule has 0 atom stereocenters. The lowest BCUT2D eigenvalue weighted by molar-refractivity contribution is 0.0687. The van der Waals surface area contributed by atoms with E-state index in [0.29, 0.717) is 129 Å². The third-order valence-corrected chi connectivity index (χ3v) is 28.4. The van der Waals surface area contributed by atoms with Crippen LogP contribution in [0.3, 0.4) is 0 Å². The first-order chi connectivity index (χ1) is 48.3. The molecule has 9 heterocycles. The number of hydrogen-bond acceptors (Lipinski definition) is 21. The Hall–Kier alpha value is -6.18. The Bertz CT molecular complexity index is 5300. The lowest BCUT2D eigenvalue weighted by Crippen LogP contribution is -2.16. The largest absolute Gasteiger partial charge is 0.508 e. The van der Waals surface area contributed by atoms with E-state index in [1.165, 1.54) is 95.8 Å². The molecule has 14 nitrogen and oxygen atoms in total. The Balaban J connectivity index is 0.000000142. The van der Waals surface area contributed by atoms with Crippen LogP contribution in [0.1, 0.15) is 109 Å². The van der Waals surface area contributed by atoms with Crippen LogP contribution in [0.25, 0.3) is 60.5 Å². The zero-order chi connectivity index (χ0) is 72.4. The number of thiophene rings is 8. The number of carbonyl (C=O) groups is 8. The van der Waals surface area contributed by atoms with Crippen molar-refractivity contribution in [2.75, 3.05) is 11.5 Å². The number of aldehydes is 2. The number of esters is 2. The highest BCUT2D eigenvalue weighted by molar-refractivity contribution is 8.22.